The molecule has 0 bridgehead atoms. The third-order valence-electron chi connectivity index (χ3n) is 1.73. The van der Waals surface area contributed by atoms with E-state index in [1.165, 1.54) is 0 Å². The maximum atomic E-state index is 5.41. The van der Waals surface area contributed by atoms with Gasteiger partial charge < -0.3 is 15.1 Å². The molecule has 0 aromatic carbocycles. The molecule has 1 atom stereocenters. The molecule has 5 heteroatoms. The highest BCUT2D eigenvalue weighted by Crippen LogP contribution is 2.13. The molecular formula is C9H18N4O. The monoisotopic (exact) mass is 198 g/mol. The van der Waals surface area contributed by atoms with Crippen molar-refractivity contribution in [3.05, 3.63) is 5.89 Å². The Balaban J connectivity index is 2.58. The SMILES string of the molecule is CCNC(C)c1nnc(NC(C)C)o1. The molecule has 0 aliphatic heterocycles. The van der Waals surface area contributed by atoms with Crippen molar-refractivity contribution in [2.75, 3.05) is 11.9 Å². The van der Waals surface area contributed by atoms with E-state index in [9.17, 15) is 0 Å². The summed E-state index contributed by atoms with van der Waals surface area (Å²) in [6.07, 6.45) is 0. The largest absolute Gasteiger partial charge is 0.406 e. The lowest BCUT2D eigenvalue weighted by molar-refractivity contribution is 0.427. The lowest BCUT2D eigenvalue weighted by Crippen LogP contribution is -2.17. The van der Waals surface area contributed by atoms with E-state index in [-0.39, 0.29) is 6.04 Å². The second-order valence-corrected chi connectivity index (χ2v) is 3.52. The molecule has 2 N–H and O–H groups in total. The number of hydrogen-bond donors (Lipinski definition) is 2. The molecule has 5 nitrogen and oxygen atoms in total. The molecule has 1 aromatic rings. The number of nitrogens with one attached hydrogen (secondary N) is 2. The standard InChI is InChI=1S/C9H18N4O/c1-5-10-7(4)8-12-13-9(14-8)11-6(2)3/h6-7,10H,5H2,1-4H3,(H,11,13). The van der Waals surface area contributed by atoms with Gasteiger partial charge in [0.1, 0.15) is 0 Å². The van der Waals surface area contributed by atoms with Crippen LogP contribution in [-0.4, -0.2) is 22.8 Å². The molecule has 0 radical (unpaired) electrons. The van der Waals surface area contributed by atoms with Crippen molar-refractivity contribution in [1.29, 1.82) is 0 Å². The summed E-state index contributed by atoms with van der Waals surface area (Å²) < 4.78 is 5.41. The Bertz CT molecular complexity index is 272. The second kappa shape index (κ2) is 4.95. The van der Waals surface area contributed by atoms with Crippen molar-refractivity contribution < 1.29 is 4.42 Å². The molecule has 0 amide bonds. The number of rotatable bonds is 5. The van der Waals surface area contributed by atoms with E-state index < -0.39 is 0 Å². The van der Waals surface area contributed by atoms with E-state index in [1.807, 2.05) is 27.7 Å². The maximum Gasteiger partial charge on any atom is 0.315 e. The van der Waals surface area contributed by atoms with Crippen LogP contribution in [0.3, 0.4) is 0 Å². The summed E-state index contributed by atoms with van der Waals surface area (Å²) in [6, 6.07) is 0.896. The van der Waals surface area contributed by atoms with Crippen LogP contribution < -0.4 is 10.6 Å². The number of aromatic nitrogens is 2. The first-order valence-corrected chi connectivity index (χ1v) is 4.96. The average Bonchev–Trinajstić information content (AvgIpc) is 2.52. The van der Waals surface area contributed by atoms with Gasteiger partial charge in [0.25, 0.3) is 0 Å². The predicted molar refractivity (Wildman–Crippen MR) is 55.1 cm³/mol. The minimum atomic E-state index is 0.107. The van der Waals surface area contributed by atoms with E-state index in [2.05, 4.69) is 20.8 Å². The van der Waals surface area contributed by atoms with Crippen LogP contribution in [0.25, 0.3) is 0 Å². The molecule has 0 fully saturated rings. The third-order valence-corrected chi connectivity index (χ3v) is 1.73. The molecule has 1 rings (SSSR count). The molecule has 0 saturated carbocycles. The highest BCUT2D eigenvalue weighted by molar-refractivity contribution is 5.18. The van der Waals surface area contributed by atoms with E-state index in [0.717, 1.165) is 6.54 Å². The van der Waals surface area contributed by atoms with Crippen LogP contribution in [0.15, 0.2) is 4.42 Å². The molecular weight excluding hydrogens is 180 g/mol. The van der Waals surface area contributed by atoms with Gasteiger partial charge >= 0.3 is 6.01 Å². The molecule has 14 heavy (non-hydrogen) atoms. The zero-order valence-electron chi connectivity index (χ0n) is 9.16. The van der Waals surface area contributed by atoms with Crippen LogP contribution in [0.1, 0.15) is 39.6 Å². The molecule has 1 heterocycles. The number of anilines is 1. The van der Waals surface area contributed by atoms with Crippen LogP contribution in [-0.2, 0) is 0 Å². The first kappa shape index (κ1) is 11.0. The Morgan fingerprint density at radius 1 is 1.29 bits per heavy atom. The molecule has 1 aromatic heterocycles. The van der Waals surface area contributed by atoms with Crippen molar-refractivity contribution >= 4 is 6.01 Å². The zero-order valence-corrected chi connectivity index (χ0v) is 9.16. The van der Waals surface area contributed by atoms with Crippen molar-refractivity contribution in [2.45, 2.75) is 39.8 Å². The minimum Gasteiger partial charge on any atom is -0.406 e. The highest BCUT2D eigenvalue weighted by Gasteiger charge is 2.12. The van der Waals surface area contributed by atoms with Crippen molar-refractivity contribution in [3.8, 4) is 0 Å². The van der Waals surface area contributed by atoms with Crippen molar-refractivity contribution in [3.63, 3.8) is 0 Å². The van der Waals surface area contributed by atoms with Gasteiger partial charge in [0, 0.05) is 6.04 Å². The maximum absolute atomic E-state index is 5.41. The summed E-state index contributed by atoms with van der Waals surface area (Å²) in [6.45, 7) is 8.97. The van der Waals surface area contributed by atoms with Crippen molar-refractivity contribution in [1.82, 2.24) is 15.5 Å². The van der Waals surface area contributed by atoms with Crippen LogP contribution in [0, 0.1) is 0 Å². The summed E-state index contributed by atoms with van der Waals surface area (Å²) in [5.41, 5.74) is 0. The van der Waals surface area contributed by atoms with E-state index in [1.54, 1.807) is 0 Å². The first-order chi connectivity index (χ1) is 6.63. The molecule has 0 aliphatic carbocycles. The molecule has 0 aliphatic rings. The van der Waals surface area contributed by atoms with Gasteiger partial charge in [-0.1, -0.05) is 12.0 Å². The van der Waals surface area contributed by atoms with Gasteiger partial charge in [-0.2, -0.15) is 0 Å². The quantitative estimate of drug-likeness (QED) is 0.751. The number of hydrogen-bond acceptors (Lipinski definition) is 5. The topological polar surface area (TPSA) is 63.0 Å². The predicted octanol–water partition coefficient (Wildman–Crippen LogP) is 1.56. The van der Waals surface area contributed by atoms with Crippen molar-refractivity contribution in [2.24, 2.45) is 0 Å². The fourth-order valence-electron chi connectivity index (χ4n) is 1.11. The average molecular weight is 198 g/mol. The van der Waals surface area contributed by atoms with Gasteiger partial charge in [0.05, 0.1) is 6.04 Å². The Kier molecular flexibility index (Phi) is 3.88. The summed E-state index contributed by atoms with van der Waals surface area (Å²) in [5, 5.41) is 14.1. The Morgan fingerprint density at radius 2 is 2.00 bits per heavy atom. The first-order valence-electron chi connectivity index (χ1n) is 4.96. The lowest BCUT2D eigenvalue weighted by atomic mass is 10.3. The lowest BCUT2D eigenvalue weighted by Gasteiger charge is -2.06. The number of nitrogens with zero attached hydrogens (tertiary/aromatic N) is 2. The third kappa shape index (κ3) is 2.99. The Morgan fingerprint density at radius 3 is 2.57 bits per heavy atom. The van der Waals surface area contributed by atoms with Gasteiger partial charge in [-0.15, -0.1) is 5.10 Å². The Hall–Kier alpha value is -1.10. The van der Waals surface area contributed by atoms with Gasteiger partial charge in [0.2, 0.25) is 5.89 Å². The fraction of sp³-hybridized carbons (Fsp3) is 0.778. The normalized spacial score (nSPS) is 13.2. The summed E-state index contributed by atoms with van der Waals surface area (Å²) in [4.78, 5) is 0. The smallest absolute Gasteiger partial charge is 0.315 e. The van der Waals surface area contributed by atoms with Gasteiger partial charge in [-0.3, -0.25) is 0 Å². The van der Waals surface area contributed by atoms with E-state index in [0.29, 0.717) is 17.9 Å². The van der Waals surface area contributed by atoms with Gasteiger partial charge in [-0.05, 0) is 27.3 Å². The van der Waals surface area contributed by atoms with E-state index >= 15 is 0 Å². The van der Waals surface area contributed by atoms with Gasteiger partial charge in [-0.25, -0.2) is 0 Å². The van der Waals surface area contributed by atoms with Crippen LogP contribution in [0.5, 0.6) is 0 Å². The van der Waals surface area contributed by atoms with Gasteiger partial charge in [0.15, 0.2) is 0 Å². The van der Waals surface area contributed by atoms with Crippen LogP contribution >= 0.6 is 0 Å². The minimum absolute atomic E-state index is 0.107. The van der Waals surface area contributed by atoms with Crippen LogP contribution in [0.2, 0.25) is 0 Å². The molecule has 0 spiro atoms. The summed E-state index contributed by atoms with van der Waals surface area (Å²) in [7, 11) is 0. The highest BCUT2D eigenvalue weighted by atomic mass is 16.4. The second-order valence-electron chi connectivity index (χ2n) is 3.52. The molecule has 80 valence electrons. The summed E-state index contributed by atoms with van der Waals surface area (Å²) >= 11 is 0. The molecule has 0 saturated heterocycles. The Labute approximate surface area is 84.3 Å². The van der Waals surface area contributed by atoms with E-state index in [4.69, 9.17) is 4.42 Å². The summed E-state index contributed by atoms with van der Waals surface area (Å²) in [5.74, 6) is 0.620. The van der Waals surface area contributed by atoms with Crippen LogP contribution in [0.4, 0.5) is 6.01 Å². The molecule has 1 unspecified atom stereocenters. The fourth-order valence-corrected chi connectivity index (χ4v) is 1.11. The zero-order chi connectivity index (χ0) is 10.6.